The Morgan fingerprint density at radius 2 is 1.65 bits per heavy atom. The maximum Gasteiger partial charge on any atom is 0.329 e. The van der Waals surface area contributed by atoms with Crippen LogP contribution in [0.5, 0.6) is 5.75 Å². The monoisotopic (exact) mass is 478 g/mol. The van der Waals surface area contributed by atoms with E-state index in [1.165, 1.54) is 6.21 Å². The predicted molar refractivity (Wildman–Crippen MR) is 132 cm³/mol. The average Bonchev–Trinajstić information content (AvgIpc) is 2.82. The van der Waals surface area contributed by atoms with Crippen LogP contribution in [0.2, 0.25) is 5.02 Å². The summed E-state index contributed by atoms with van der Waals surface area (Å²) in [5, 5.41) is 9.43. The summed E-state index contributed by atoms with van der Waals surface area (Å²) >= 11 is 6.01. The van der Waals surface area contributed by atoms with Crippen LogP contribution < -0.4 is 20.8 Å². The molecule has 0 aromatic heterocycles. The zero-order valence-electron chi connectivity index (χ0n) is 18.6. The summed E-state index contributed by atoms with van der Waals surface area (Å²) in [5.41, 5.74) is 5.97. The third kappa shape index (κ3) is 7.18. The first kappa shape index (κ1) is 24.5. The van der Waals surface area contributed by atoms with Crippen molar-refractivity contribution in [2.45, 2.75) is 13.8 Å². The van der Waals surface area contributed by atoms with Crippen LogP contribution in [0.3, 0.4) is 0 Å². The van der Waals surface area contributed by atoms with Crippen LogP contribution in [0.25, 0.3) is 0 Å². The number of nitrogens with zero attached hydrogens (tertiary/aromatic N) is 1. The number of carbonyl (C=O) groups excluding carboxylic acids is 3. The summed E-state index contributed by atoms with van der Waals surface area (Å²) in [7, 11) is 0. The van der Waals surface area contributed by atoms with Gasteiger partial charge in [-0.05, 0) is 79.1 Å². The first-order valence-corrected chi connectivity index (χ1v) is 10.7. The van der Waals surface area contributed by atoms with Crippen LogP contribution in [-0.4, -0.2) is 30.5 Å². The lowest BCUT2D eigenvalue weighted by Crippen LogP contribution is -2.32. The Bertz CT molecular complexity index is 1230. The molecule has 9 heteroatoms. The molecule has 3 aromatic rings. The summed E-state index contributed by atoms with van der Waals surface area (Å²) in [4.78, 5) is 36.0. The third-order valence-corrected chi connectivity index (χ3v) is 5.08. The van der Waals surface area contributed by atoms with E-state index >= 15 is 0 Å². The molecule has 0 atom stereocenters. The molecule has 3 rings (SSSR count). The van der Waals surface area contributed by atoms with Crippen molar-refractivity contribution in [3.8, 4) is 5.75 Å². The fourth-order valence-electron chi connectivity index (χ4n) is 2.77. The van der Waals surface area contributed by atoms with Gasteiger partial charge in [-0.1, -0.05) is 29.8 Å². The highest BCUT2D eigenvalue weighted by Crippen LogP contribution is 2.20. The summed E-state index contributed by atoms with van der Waals surface area (Å²) in [6.45, 7) is 3.69. The van der Waals surface area contributed by atoms with Gasteiger partial charge in [0, 0.05) is 5.69 Å². The lowest BCUT2D eigenvalue weighted by molar-refractivity contribution is -0.136. The molecule has 0 saturated carbocycles. The number of hydrazone groups is 1. The number of benzene rings is 3. The van der Waals surface area contributed by atoms with Crippen LogP contribution in [0.15, 0.2) is 71.8 Å². The summed E-state index contributed by atoms with van der Waals surface area (Å²) in [6.07, 6.45) is 1.38. The quantitative estimate of drug-likeness (QED) is 0.270. The molecule has 3 N–H and O–H groups in total. The van der Waals surface area contributed by atoms with Crippen molar-refractivity contribution < 1.29 is 19.1 Å². The molecule has 0 spiro atoms. The molecule has 3 amide bonds. The van der Waals surface area contributed by atoms with Gasteiger partial charge in [0.25, 0.3) is 5.91 Å². The molecule has 0 bridgehead atoms. The van der Waals surface area contributed by atoms with Gasteiger partial charge in [0.1, 0.15) is 5.75 Å². The lowest BCUT2D eigenvalue weighted by atomic mass is 10.1. The van der Waals surface area contributed by atoms with Crippen LogP contribution in [0, 0.1) is 13.8 Å². The Morgan fingerprint density at radius 1 is 0.912 bits per heavy atom. The fourth-order valence-corrected chi connectivity index (χ4v) is 2.95. The second kappa shape index (κ2) is 11.6. The van der Waals surface area contributed by atoms with Crippen molar-refractivity contribution in [1.29, 1.82) is 0 Å². The minimum Gasteiger partial charge on any atom is -0.484 e. The Labute approximate surface area is 202 Å². The number of nitrogens with one attached hydrogen (secondary N) is 3. The van der Waals surface area contributed by atoms with Crippen LogP contribution >= 0.6 is 11.6 Å². The molecule has 0 saturated heterocycles. The fraction of sp³-hybridized carbons (Fsp3) is 0.120. The van der Waals surface area contributed by atoms with Gasteiger partial charge in [-0.25, -0.2) is 5.43 Å². The van der Waals surface area contributed by atoms with E-state index in [1.54, 1.807) is 60.7 Å². The highest BCUT2D eigenvalue weighted by Gasteiger charge is 2.13. The Kier molecular flexibility index (Phi) is 8.37. The van der Waals surface area contributed by atoms with Gasteiger partial charge < -0.3 is 15.4 Å². The average molecular weight is 479 g/mol. The van der Waals surface area contributed by atoms with E-state index in [1.807, 2.05) is 19.9 Å². The van der Waals surface area contributed by atoms with E-state index in [0.717, 1.165) is 11.1 Å². The van der Waals surface area contributed by atoms with Crippen molar-refractivity contribution in [3.05, 3.63) is 88.4 Å². The van der Waals surface area contributed by atoms with Gasteiger partial charge >= 0.3 is 11.8 Å². The molecule has 0 aliphatic heterocycles. The predicted octanol–water partition coefficient (Wildman–Crippen LogP) is 4.06. The molecule has 34 heavy (non-hydrogen) atoms. The highest BCUT2D eigenvalue weighted by atomic mass is 35.5. The molecule has 0 radical (unpaired) electrons. The van der Waals surface area contributed by atoms with E-state index in [2.05, 4.69) is 21.2 Å². The summed E-state index contributed by atoms with van der Waals surface area (Å²) in [6, 6.07) is 19.0. The normalized spacial score (nSPS) is 10.6. The topological polar surface area (TPSA) is 109 Å². The number of para-hydroxylation sites is 1. The summed E-state index contributed by atoms with van der Waals surface area (Å²) < 4.78 is 5.46. The number of carbonyl (C=O) groups is 3. The van der Waals surface area contributed by atoms with Crippen molar-refractivity contribution in [2.24, 2.45) is 5.10 Å². The van der Waals surface area contributed by atoms with E-state index in [0.29, 0.717) is 27.7 Å². The summed E-state index contributed by atoms with van der Waals surface area (Å²) in [5.74, 6) is -1.58. The van der Waals surface area contributed by atoms with E-state index in [9.17, 15) is 14.4 Å². The van der Waals surface area contributed by atoms with Crippen LogP contribution in [-0.2, 0) is 14.4 Å². The largest absolute Gasteiger partial charge is 0.484 e. The molecule has 0 unspecified atom stereocenters. The number of hydrogen-bond acceptors (Lipinski definition) is 5. The zero-order valence-corrected chi connectivity index (χ0v) is 19.3. The van der Waals surface area contributed by atoms with Crippen molar-refractivity contribution in [2.75, 3.05) is 17.2 Å². The van der Waals surface area contributed by atoms with Gasteiger partial charge in [-0.15, -0.1) is 0 Å². The van der Waals surface area contributed by atoms with E-state index < -0.39 is 11.8 Å². The highest BCUT2D eigenvalue weighted by molar-refractivity contribution is 6.39. The number of anilines is 2. The number of hydrogen-bond donors (Lipinski definition) is 3. The molecule has 0 fully saturated rings. The molecule has 0 aliphatic carbocycles. The zero-order chi connectivity index (χ0) is 24.5. The molecule has 174 valence electrons. The Hall–Kier alpha value is -4.17. The van der Waals surface area contributed by atoms with Crippen LogP contribution in [0.4, 0.5) is 11.4 Å². The van der Waals surface area contributed by atoms with Gasteiger partial charge in [0.05, 0.1) is 16.9 Å². The Morgan fingerprint density at radius 3 is 2.35 bits per heavy atom. The van der Waals surface area contributed by atoms with Crippen molar-refractivity contribution in [3.63, 3.8) is 0 Å². The molecule has 0 heterocycles. The number of rotatable bonds is 7. The molecule has 3 aromatic carbocycles. The minimum absolute atomic E-state index is 0.190. The third-order valence-electron chi connectivity index (χ3n) is 4.75. The second-order valence-electron chi connectivity index (χ2n) is 7.34. The molecular weight excluding hydrogens is 456 g/mol. The maximum atomic E-state index is 12.0. The van der Waals surface area contributed by atoms with Crippen LogP contribution in [0.1, 0.15) is 16.7 Å². The van der Waals surface area contributed by atoms with Crippen molar-refractivity contribution >= 4 is 46.9 Å². The molecular formula is C25H23ClN4O4. The van der Waals surface area contributed by atoms with Gasteiger partial charge in [-0.3, -0.25) is 14.4 Å². The van der Waals surface area contributed by atoms with E-state index in [-0.39, 0.29) is 12.5 Å². The standard InChI is InChI=1S/C25H23ClN4O4/c1-16-7-10-19(13-17(16)2)28-24(32)25(33)30-27-14-18-8-11-20(12-9-18)34-15-23(31)29-22-6-4-3-5-21(22)26/h3-14H,15H2,1-2H3,(H,28,32)(H,29,31)(H,30,33)/b27-14-. The SMILES string of the molecule is Cc1ccc(NC(=O)C(=O)N/N=C\c2ccc(OCC(=O)Nc3ccccc3Cl)cc2)cc1C. The Balaban J connectivity index is 1.44. The minimum atomic E-state index is -0.890. The first-order chi connectivity index (χ1) is 16.3. The van der Waals surface area contributed by atoms with Crippen molar-refractivity contribution in [1.82, 2.24) is 5.43 Å². The number of aryl methyl sites for hydroxylation is 2. The number of amides is 3. The lowest BCUT2D eigenvalue weighted by Gasteiger charge is -2.08. The molecule has 0 aliphatic rings. The molecule has 8 nitrogen and oxygen atoms in total. The first-order valence-electron chi connectivity index (χ1n) is 10.3. The number of ether oxygens (including phenoxy) is 1. The van der Waals surface area contributed by atoms with E-state index in [4.69, 9.17) is 16.3 Å². The number of halogens is 1. The maximum absolute atomic E-state index is 12.0. The van der Waals surface area contributed by atoms with Gasteiger partial charge in [0.15, 0.2) is 6.61 Å². The smallest absolute Gasteiger partial charge is 0.329 e. The van der Waals surface area contributed by atoms with Gasteiger partial charge in [0.2, 0.25) is 0 Å². The van der Waals surface area contributed by atoms with Gasteiger partial charge in [-0.2, -0.15) is 5.10 Å². The second-order valence-corrected chi connectivity index (χ2v) is 7.75.